The number of hydrogen-bond donors (Lipinski definition) is 2. The molecule has 1 atom stereocenters. The minimum Gasteiger partial charge on any atom is -0.378 e. The van der Waals surface area contributed by atoms with Gasteiger partial charge >= 0.3 is 0 Å². The van der Waals surface area contributed by atoms with E-state index < -0.39 is 19.8 Å². The van der Waals surface area contributed by atoms with Crippen molar-refractivity contribution in [3.05, 3.63) is 72.3 Å². The molecule has 0 saturated heterocycles. The zero-order chi connectivity index (χ0) is 24.9. The molecule has 2 aromatic carbocycles. The number of nitrogens with zero attached hydrogens (tertiary/aromatic N) is 3. The number of sulfonamides is 1. The van der Waals surface area contributed by atoms with E-state index in [1.807, 2.05) is 45.0 Å². The fraction of sp³-hybridized carbons (Fsp3) is 0.333. The average Bonchev–Trinajstić information content (AvgIpc) is 2.81. The van der Waals surface area contributed by atoms with Gasteiger partial charge in [0, 0.05) is 19.0 Å². The van der Waals surface area contributed by atoms with Gasteiger partial charge in [-0.05, 0) is 54.3 Å². The van der Waals surface area contributed by atoms with Crippen LogP contribution in [0.2, 0.25) is 0 Å². The first-order chi connectivity index (χ1) is 16.0. The van der Waals surface area contributed by atoms with Crippen molar-refractivity contribution in [2.45, 2.75) is 43.5 Å². The van der Waals surface area contributed by atoms with E-state index in [0.29, 0.717) is 30.2 Å². The molecule has 0 fully saturated rings. The number of rotatable bonds is 10. The van der Waals surface area contributed by atoms with Crippen molar-refractivity contribution in [2.75, 3.05) is 22.4 Å². The van der Waals surface area contributed by atoms with Crippen molar-refractivity contribution in [2.24, 2.45) is 5.92 Å². The first kappa shape index (κ1) is 25.6. The van der Waals surface area contributed by atoms with Crippen molar-refractivity contribution in [1.82, 2.24) is 9.97 Å². The lowest BCUT2D eigenvalue weighted by Crippen LogP contribution is -2.34. The molecule has 0 bridgehead atoms. The Kier molecular flexibility index (Phi) is 7.93. The molecule has 0 aliphatic carbocycles. The van der Waals surface area contributed by atoms with E-state index in [0.717, 1.165) is 12.0 Å². The summed E-state index contributed by atoms with van der Waals surface area (Å²) in [6.07, 6.45) is 5.18. The number of aryl methyl sites for hydroxylation is 1. The highest BCUT2D eigenvalue weighted by Crippen LogP contribution is 2.30. The van der Waals surface area contributed by atoms with Crippen LogP contribution in [0.4, 0.5) is 11.4 Å². The molecule has 1 aromatic heterocycles. The SMILES string of the molecule is CCc1ccc(N(CC(C)C)S(=O)(=O)c2ccc(NCc3ccncn3)c(S(C)(=N)=O)c2)cc1. The fourth-order valence-corrected chi connectivity index (χ4v) is 6.08. The average molecular weight is 502 g/mol. The highest BCUT2D eigenvalue weighted by molar-refractivity contribution is 7.93. The number of aromatic nitrogens is 2. The van der Waals surface area contributed by atoms with Gasteiger partial charge in [0.25, 0.3) is 10.0 Å². The van der Waals surface area contributed by atoms with E-state index in [9.17, 15) is 12.6 Å². The molecule has 0 radical (unpaired) electrons. The second-order valence-corrected chi connectivity index (χ2v) is 12.5. The fourth-order valence-electron chi connectivity index (χ4n) is 3.44. The molecule has 1 unspecified atom stereocenters. The minimum absolute atomic E-state index is 0.00266. The summed E-state index contributed by atoms with van der Waals surface area (Å²) in [6.45, 7) is 6.57. The summed E-state index contributed by atoms with van der Waals surface area (Å²) in [6, 6.07) is 13.6. The van der Waals surface area contributed by atoms with Crippen LogP contribution in [0.1, 0.15) is 32.0 Å². The summed E-state index contributed by atoms with van der Waals surface area (Å²) in [4.78, 5) is 8.16. The Morgan fingerprint density at radius 1 is 1.06 bits per heavy atom. The van der Waals surface area contributed by atoms with Crippen molar-refractivity contribution in [3.8, 4) is 0 Å². The van der Waals surface area contributed by atoms with Gasteiger partial charge in [-0.3, -0.25) is 4.31 Å². The molecule has 3 rings (SSSR count). The molecule has 0 aliphatic heterocycles. The van der Waals surface area contributed by atoms with Gasteiger partial charge in [-0.1, -0.05) is 32.9 Å². The largest absolute Gasteiger partial charge is 0.378 e. The summed E-state index contributed by atoms with van der Waals surface area (Å²) in [5.41, 5.74) is 2.83. The van der Waals surface area contributed by atoms with Crippen LogP contribution in [0.15, 0.2) is 70.8 Å². The van der Waals surface area contributed by atoms with E-state index in [1.165, 1.54) is 29.0 Å². The third kappa shape index (κ3) is 6.12. The summed E-state index contributed by atoms with van der Waals surface area (Å²) in [5.74, 6) is 0.0838. The van der Waals surface area contributed by atoms with Crippen LogP contribution < -0.4 is 9.62 Å². The second kappa shape index (κ2) is 10.5. The monoisotopic (exact) mass is 501 g/mol. The zero-order valence-electron chi connectivity index (χ0n) is 19.9. The van der Waals surface area contributed by atoms with Crippen molar-refractivity contribution in [3.63, 3.8) is 0 Å². The number of hydrogen-bond acceptors (Lipinski definition) is 7. The minimum atomic E-state index is -3.96. The van der Waals surface area contributed by atoms with Crippen molar-refractivity contribution < 1.29 is 12.6 Å². The Morgan fingerprint density at radius 2 is 1.76 bits per heavy atom. The number of anilines is 2. The molecular formula is C24H31N5O3S2. The molecule has 0 amide bonds. The highest BCUT2D eigenvalue weighted by Gasteiger charge is 2.27. The van der Waals surface area contributed by atoms with Gasteiger partial charge in [-0.2, -0.15) is 0 Å². The quantitative estimate of drug-likeness (QED) is 0.421. The van der Waals surface area contributed by atoms with Gasteiger partial charge in [-0.25, -0.2) is 27.4 Å². The first-order valence-electron chi connectivity index (χ1n) is 11.0. The van der Waals surface area contributed by atoms with Crippen LogP contribution >= 0.6 is 0 Å². The third-order valence-electron chi connectivity index (χ3n) is 5.23. The van der Waals surface area contributed by atoms with Gasteiger partial charge in [0.1, 0.15) is 6.33 Å². The van der Waals surface area contributed by atoms with Gasteiger partial charge in [0.15, 0.2) is 0 Å². The van der Waals surface area contributed by atoms with Crippen molar-refractivity contribution in [1.29, 1.82) is 4.78 Å². The van der Waals surface area contributed by atoms with Gasteiger partial charge in [-0.15, -0.1) is 0 Å². The van der Waals surface area contributed by atoms with Crippen LogP contribution in [0.5, 0.6) is 0 Å². The van der Waals surface area contributed by atoms with Crippen molar-refractivity contribution >= 4 is 31.1 Å². The van der Waals surface area contributed by atoms with E-state index >= 15 is 0 Å². The smallest absolute Gasteiger partial charge is 0.264 e. The molecule has 1 heterocycles. The molecule has 0 spiro atoms. The summed E-state index contributed by atoms with van der Waals surface area (Å²) in [5, 5.41) is 3.12. The predicted molar refractivity (Wildman–Crippen MR) is 136 cm³/mol. The standard InChI is InChI=1S/C24H31N5O3S2/c1-5-19-6-8-21(9-7-19)29(16-18(2)3)34(31,32)22-10-11-23(24(14-22)33(4,25)30)27-15-20-12-13-26-17-28-20/h6-14,17-18,25,27H,5,15-16H2,1-4H3. The molecule has 3 aromatic rings. The summed E-state index contributed by atoms with van der Waals surface area (Å²) in [7, 11) is -7.18. The molecule has 182 valence electrons. The number of nitrogens with one attached hydrogen (secondary N) is 2. The van der Waals surface area contributed by atoms with Gasteiger partial charge in [0.05, 0.1) is 43.1 Å². The number of benzene rings is 2. The predicted octanol–water partition coefficient (Wildman–Crippen LogP) is 4.54. The molecule has 0 aliphatic rings. The van der Waals surface area contributed by atoms with Gasteiger partial charge < -0.3 is 5.32 Å². The Balaban J connectivity index is 2.02. The molecule has 8 nitrogen and oxygen atoms in total. The Hall–Kier alpha value is -2.98. The Labute approximate surface area is 202 Å². The topological polar surface area (TPSA) is 116 Å². The molecule has 0 saturated carbocycles. The van der Waals surface area contributed by atoms with E-state index in [4.69, 9.17) is 4.78 Å². The molecule has 2 N–H and O–H groups in total. The summed E-state index contributed by atoms with van der Waals surface area (Å²) >= 11 is 0. The van der Waals surface area contributed by atoms with E-state index in [-0.39, 0.29) is 15.7 Å². The van der Waals surface area contributed by atoms with Crippen LogP contribution in [0, 0.1) is 10.7 Å². The molecular weight excluding hydrogens is 470 g/mol. The molecule has 34 heavy (non-hydrogen) atoms. The third-order valence-corrected chi connectivity index (χ3v) is 8.19. The first-order valence-corrected chi connectivity index (χ1v) is 14.4. The maximum Gasteiger partial charge on any atom is 0.264 e. The van der Waals surface area contributed by atoms with E-state index in [1.54, 1.807) is 18.3 Å². The van der Waals surface area contributed by atoms with Gasteiger partial charge in [0.2, 0.25) is 0 Å². The maximum atomic E-state index is 13.7. The second-order valence-electron chi connectivity index (χ2n) is 8.51. The highest BCUT2D eigenvalue weighted by atomic mass is 32.2. The summed E-state index contributed by atoms with van der Waals surface area (Å²) < 4.78 is 49.8. The lowest BCUT2D eigenvalue weighted by atomic mass is 10.1. The molecule has 10 heteroatoms. The normalized spacial score (nSPS) is 13.4. The van der Waals surface area contributed by atoms with Crippen LogP contribution in [0.3, 0.4) is 0 Å². The lowest BCUT2D eigenvalue weighted by Gasteiger charge is -2.27. The Bertz CT molecular complexity index is 1320. The van der Waals surface area contributed by atoms with Crippen LogP contribution in [-0.4, -0.2) is 35.4 Å². The van der Waals surface area contributed by atoms with Crippen LogP contribution in [-0.2, 0) is 32.7 Å². The zero-order valence-corrected chi connectivity index (χ0v) is 21.5. The maximum absolute atomic E-state index is 13.7. The Morgan fingerprint density at radius 3 is 2.32 bits per heavy atom. The van der Waals surface area contributed by atoms with Crippen LogP contribution in [0.25, 0.3) is 0 Å². The van der Waals surface area contributed by atoms with E-state index in [2.05, 4.69) is 15.3 Å². The lowest BCUT2D eigenvalue weighted by molar-refractivity contribution is 0.577.